The van der Waals surface area contributed by atoms with Gasteiger partial charge >= 0.3 is 16.3 Å². The molecule has 0 unspecified atom stereocenters. The van der Waals surface area contributed by atoms with Crippen molar-refractivity contribution in [3.05, 3.63) is 47.1 Å². The van der Waals surface area contributed by atoms with E-state index in [1.165, 1.54) is 18.5 Å². The Morgan fingerprint density at radius 1 is 1.33 bits per heavy atom. The van der Waals surface area contributed by atoms with Gasteiger partial charge in [0.2, 0.25) is 0 Å². The lowest BCUT2D eigenvalue weighted by Gasteiger charge is -2.42. The maximum atomic E-state index is 13.0. The molecule has 1 saturated heterocycles. The number of hydrogen-bond donors (Lipinski definition) is 7. The fourth-order valence-corrected chi connectivity index (χ4v) is 5.12. The molecule has 9 N–H and O–H groups in total. The van der Waals surface area contributed by atoms with E-state index in [0.717, 1.165) is 17.8 Å². The standard InChI is InChI=1S/C24H30N8O9S2/c1-13-19(22(34)32(13)43(37,38)39)30-21(33)20(17-12-42-24(27)29-17)31-41-18(23(35)36)11-40-16-5-3-14(4-6-16)15(9-26)10-28-8-2-7-25/h3-6,9-10,12-13,18-19,26,28H,2,7-8,11,25H2,1H3,(H2,27,29)(H,30,33)(H,35,36)(H,37,38,39)/b15-10+,26-9?,31-20-/t13-,18-,19-/m0/s1. The molecule has 2 heterocycles. The van der Waals surface area contributed by atoms with Crippen molar-refractivity contribution in [2.24, 2.45) is 10.9 Å². The van der Waals surface area contributed by atoms with Crippen LogP contribution in [-0.2, 0) is 29.5 Å². The fourth-order valence-electron chi connectivity index (χ4n) is 3.69. The van der Waals surface area contributed by atoms with Crippen LogP contribution in [0.1, 0.15) is 24.6 Å². The molecular formula is C24H30N8O9S2. The summed E-state index contributed by atoms with van der Waals surface area (Å²) in [5, 5.41) is 27.6. The molecule has 1 fully saturated rings. The molecule has 0 saturated carbocycles. The summed E-state index contributed by atoms with van der Waals surface area (Å²) in [6, 6.07) is 4.04. The minimum Gasteiger partial charge on any atom is -0.489 e. The molecule has 43 heavy (non-hydrogen) atoms. The number of nitrogens with two attached hydrogens (primary N) is 2. The van der Waals surface area contributed by atoms with Crippen molar-refractivity contribution in [1.29, 1.82) is 5.41 Å². The highest BCUT2D eigenvalue weighted by Gasteiger charge is 2.51. The molecular weight excluding hydrogens is 608 g/mol. The van der Waals surface area contributed by atoms with Crippen molar-refractivity contribution in [2.75, 3.05) is 25.4 Å². The van der Waals surface area contributed by atoms with E-state index in [1.807, 2.05) is 0 Å². The first kappa shape index (κ1) is 32.9. The first-order chi connectivity index (χ1) is 20.4. The third kappa shape index (κ3) is 8.47. The normalized spacial score (nSPS) is 17.9. The van der Waals surface area contributed by atoms with Crippen molar-refractivity contribution >= 4 is 62.1 Å². The quantitative estimate of drug-likeness (QED) is 0.0399. The summed E-state index contributed by atoms with van der Waals surface area (Å²) in [6.07, 6.45) is 1.93. The highest BCUT2D eigenvalue weighted by Crippen LogP contribution is 2.23. The predicted molar refractivity (Wildman–Crippen MR) is 156 cm³/mol. The number of nitrogen functional groups attached to an aromatic ring is 1. The summed E-state index contributed by atoms with van der Waals surface area (Å²) in [5.41, 5.74) is 11.8. The SMILES string of the molecule is C[C@H]1[C@H](NC(=O)/C(=N\O[C@@H](COc2ccc(/C(C=N)=C/NCCCN)cc2)C(=O)O)c2csc(N)n2)C(=O)N1S(=O)(=O)O. The molecule has 1 aliphatic heterocycles. The van der Waals surface area contributed by atoms with Crippen LogP contribution in [0.2, 0.25) is 0 Å². The summed E-state index contributed by atoms with van der Waals surface area (Å²) < 4.78 is 37.6. The lowest BCUT2D eigenvalue weighted by Crippen LogP contribution is -2.71. The predicted octanol–water partition coefficient (Wildman–Crippen LogP) is -0.575. The van der Waals surface area contributed by atoms with E-state index >= 15 is 0 Å². The Kier molecular flexibility index (Phi) is 11.1. The van der Waals surface area contributed by atoms with Crippen molar-refractivity contribution in [3.63, 3.8) is 0 Å². The van der Waals surface area contributed by atoms with Crippen molar-refractivity contribution < 1.29 is 42.0 Å². The van der Waals surface area contributed by atoms with Crippen LogP contribution in [-0.4, -0.2) is 95.0 Å². The second kappa shape index (κ2) is 14.5. The van der Waals surface area contributed by atoms with E-state index in [2.05, 4.69) is 20.8 Å². The Hall–Kier alpha value is -4.59. The van der Waals surface area contributed by atoms with Gasteiger partial charge in [0.25, 0.3) is 17.9 Å². The third-order valence-electron chi connectivity index (χ3n) is 5.92. The van der Waals surface area contributed by atoms with Crippen LogP contribution < -0.4 is 26.8 Å². The maximum absolute atomic E-state index is 13.0. The van der Waals surface area contributed by atoms with E-state index < -0.39 is 58.6 Å². The number of nitrogens with one attached hydrogen (secondary N) is 3. The lowest BCUT2D eigenvalue weighted by atomic mass is 10.0. The van der Waals surface area contributed by atoms with Gasteiger partial charge in [-0.1, -0.05) is 17.3 Å². The number of thiazole rings is 1. The molecule has 0 aliphatic carbocycles. The number of aliphatic carboxylic acids is 1. The summed E-state index contributed by atoms with van der Waals surface area (Å²) in [6.45, 7) is 1.94. The number of aromatic nitrogens is 1. The minimum absolute atomic E-state index is 0.0510. The molecule has 0 radical (unpaired) electrons. The Balaban J connectivity index is 1.70. The van der Waals surface area contributed by atoms with Crippen LogP contribution in [0.25, 0.3) is 5.57 Å². The number of nitrogens with zero attached hydrogens (tertiary/aromatic N) is 3. The molecule has 17 nitrogen and oxygen atoms in total. The van der Waals surface area contributed by atoms with Crippen LogP contribution >= 0.6 is 11.3 Å². The molecule has 1 aliphatic rings. The zero-order chi connectivity index (χ0) is 31.7. The van der Waals surface area contributed by atoms with Crippen molar-refractivity contribution in [2.45, 2.75) is 31.5 Å². The van der Waals surface area contributed by atoms with E-state index in [-0.39, 0.29) is 20.9 Å². The Labute approximate surface area is 249 Å². The van der Waals surface area contributed by atoms with Crippen LogP contribution in [0.5, 0.6) is 5.75 Å². The Bertz CT molecular complexity index is 1510. The zero-order valence-corrected chi connectivity index (χ0v) is 24.3. The van der Waals surface area contributed by atoms with E-state index in [0.29, 0.717) is 24.2 Å². The second-order valence-electron chi connectivity index (χ2n) is 8.92. The summed E-state index contributed by atoms with van der Waals surface area (Å²) in [5.74, 6) is -3.31. The first-order valence-electron chi connectivity index (χ1n) is 12.5. The number of anilines is 1. The maximum Gasteiger partial charge on any atom is 0.362 e. The zero-order valence-electron chi connectivity index (χ0n) is 22.7. The molecule has 1 aromatic heterocycles. The number of benzene rings is 1. The molecule has 2 aromatic rings. The van der Waals surface area contributed by atoms with Gasteiger partial charge in [-0.25, -0.2) is 14.1 Å². The highest BCUT2D eigenvalue weighted by atomic mass is 32.2. The molecule has 3 rings (SSSR count). The monoisotopic (exact) mass is 638 g/mol. The van der Waals surface area contributed by atoms with Gasteiger partial charge in [0.05, 0.1) is 6.04 Å². The number of carbonyl (C=O) groups excluding carboxylic acids is 2. The second-order valence-corrected chi connectivity index (χ2v) is 11.1. The highest BCUT2D eigenvalue weighted by molar-refractivity contribution is 7.84. The Morgan fingerprint density at radius 3 is 2.56 bits per heavy atom. The fraction of sp³-hybridized carbons (Fsp3) is 0.333. The third-order valence-corrected chi connectivity index (χ3v) is 7.61. The van der Waals surface area contributed by atoms with Gasteiger partial charge in [-0.3, -0.25) is 14.1 Å². The van der Waals surface area contributed by atoms with Crippen molar-refractivity contribution in [1.82, 2.24) is 19.9 Å². The van der Waals surface area contributed by atoms with Gasteiger partial charge < -0.3 is 42.2 Å². The lowest BCUT2D eigenvalue weighted by molar-refractivity contribution is -0.152. The number of amides is 2. The van der Waals surface area contributed by atoms with Gasteiger partial charge in [-0.05, 0) is 37.6 Å². The van der Waals surface area contributed by atoms with Gasteiger partial charge in [0, 0.05) is 29.9 Å². The van der Waals surface area contributed by atoms with Gasteiger partial charge in [0.1, 0.15) is 24.1 Å². The summed E-state index contributed by atoms with van der Waals surface area (Å²) in [7, 11) is -4.82. The summed E-state index contributed by atoms with van der Waals surface area (Å²) in [4.78, 5) is 46.1. The number of allylic oxidation sites excluding steroid dienone is 1. The number of β-lactam (4-membered cyclic amide) rings is 1. The molecule has 1 aromatic carbocycles. The van der Waals surface area contributed by atoms with Crippen LogP contribution in [0.4, 0.5) is 5.13 Å². The van der Waals surface area contributed by atoms with E-state index in [9.17, 15) is 27.9 Å². The largest absolute Gasteiger partial charge is 0.489 e. The molecule has 232 valence electrons. The number of carboxylic acid groups (broad SMARTS) is 1. The number of carboxylic acids is 1. The Morgan fingerprint density at radius 2 is 2.02 bits per heavy atom. The smallest absolute Gasteiger partial charge is 0.362 e. The van der Waals surface area contributed by atoms with Gasteiger partial charge in [-0.15, -0.1) is 11.3 Å². The number of carbonyl (C=O) groups is 3. The first-order valence-corrected chi connectivity index (χ1v) is 14.8. The van der Waals surface area contributed by atoms with Gasteiger partial charge in [0.15, 0.2) is 10.8 Å². The van der Waals surface area contributed by atoms with Gasteiger partial charge in [-0.2, -0.15) is 8.42 Å². The average molecular weight is 639 g/mol. The number of hydrogen-bond acceptors (Lipinski definition) is 14. The minimum atomic E-state index is -4.82. The van der Waals surface area contributed by atoms with Crippen LogP contribution in [0, 0.1) is 5.41 Å². The van der Waals surface area contributed by atoms with E-state index in [1.54, 1.807) is 30.5 Å². The number of oxime groups is 1. The average Bonchev–Trinajstić information content (AvgIpc) is 3.38. The molecule has 2 amide bonds. The number of rotatable bonds is 16. The van der Waals surface area contributed by atoms with E-state index in [4.69, 9.17) is 31.0 Å². The molecule has 19 heteroatoms. The molecule has 3 atom stereocenters. The topological polar surface area (TPSA) is 273 Å². The number of ether oxygens (including phenoxy) is 1. The van der Waals surface area contributed by atoms with Crippen molar-refractivity contribution in [3.8, 4) is 5.75 Å². The molecule has 0 spiro atoms. The summed E-state index contributed by atoms with van der Waals surface area (Å²) >= 11 is 0.947. The molecule has 0 bridgehead atoms. The van der Waals surface area contributed by atoms with Crippen LogP contribution in [0.15, 0.2) is 41.0 Å². The van der Waals surface area contributed by atoms with Crippen LogP contribution in [0.3, 0.4) is 0 Å².